The molecule has 0 saturated carbocycles. The van der Waals surface area contributed by atoms with Crippen LogP contribution in [0.15, 0.2) is 40.8 Å². The molecule has 0 saturated heterocycles. The highest BCUT2D eigenvalue weighted by Crippen LogP contribution is 2.29. The van der Waals surface area contributed by atoms with Crippen molar-refractivity contribution in [2.75, 3.05) is 12.8 Å². The van der Waals surface area contributed by atoms with Gasteiger partial charge in [-0.05, 0) is 42.8 Å². The van der Waals surface area contributed by atoms with Crippen molar-refractivity contribution in [3.8, 4) is 17.2 Å². The molecule has 0 spiro atoms. The molecule has 2 N–H and O–H groups in total. The van der Waals surface area contributed by atoms with E-state index >= 15 is 0 Å². The van der Waals surface area contributed by atoms with Crippen LogP contribution < -0.4 is 10.5 Å². The van der Waals surface area contributed by atoms with Crippen molar-refractivity contribution in [1.29, 1.82) is 0 Å². The van der Waals surface area contributed by atoms with E-state index < -0.39 is 0 Å². The number of nitrogens with zero attached hydrogens (tertiary/aromatic N) is 1. The van der Waals surface area contributed by atoms with Gasteiger partial charge in [0, 0.05) is 17.3 Å². The van der Waals surface area contributed by atoms with Crippen LogP contribution in [0, 0.1) is 6.92 Å². The van der Waals surface area contributed by atoms with E-state index in [2.05, 4.69) is 4.98 Å². The number of methoxy groups -OCH3 is 1. The molecule has 96 valence electrons. The van der Waals surface area contributed by atoms with Gasteiger partial charge in [-0.25, -0.2) is 4.98 Å². The van der Waals surface area contributed by atoms with Crippen molar-refractivity contribution in [2.45, 2.75) is 6.92 Å². The van der Waals surface area contributed by atoms with Crippen LogP contribution in [-0.4, -0.2) is 12.1 Å². The Kier molecular flexibility index (Phi) is 2.63. The van der Waals surface area contributed by atoms with Gasteiger partial charge in [0.1, 0.15) is 11.3 Å². The maximum absolute atomic E-state index is 5.77. The highest BCUT2D eigenvalue weighted by atomic mass is 16.5. The SMILES string of the molecule is COc1ccc2oc(-c3ccc(N)cc3C)nc2c1. The highest BCUT2D eigenvalue weighted by Gasteiger charge is 2.11. The Morgan fingerprint density at radius 1 is 1.16 bits per heavy atom. The predicted octanol–water partition coefficient (Wildman–Crippen LogP) is 3.39. The van der Waals surface area contributed by atoms with Gasteiger partial charge in [-0.3, -0.25) is 0 Å². The number of anilines is 1. The quantitative estimate of drug-likeness (QED) is 0.712. The Balaban J connectivity index is 2.14. The van der Waals surface area contributed by atoms with E-state index in [9.17, 15) is 0 Å². The third-order valence-corrected chi connectivity index (χ3v) is 3.08. The topological polar surface area (TPSA) is 61.3 Å². The molecule has 19 heavy (non-hydrogen) atoms. The number of nitrogen functional groups attached to an aromatic ring is 1. The second kappa shape index (κ2) is 4.31. The molecule has 4 nitrogen and oxygen atoms in total. The number of rotatable bonds is 2. The lowest BCUT2D eigenvalue weighted by Gasteiger charge is -2.01. The third-order valence-electron chi connectivity index (χ3n) is 3.08. The molecule has 0 atom stereocenters. The van der Waals surface area contributed by atoms with Gasteiger partial charge in [-0.2, -0.15) is 0 Å². The van der Waals surface area contributed by atoms with Gasteiger partial charge < -0.3 is 14.9 Å². The number of aromatic nitrogens is 1. The molecule has 3 aromatic rings. The summed E-state index contributed by atoms with van der Waals surface area (Å²) in [6, 6.07) is 11.2. The predicted molar refractivity (Wildman–Crippen MR) is 75.1 cm³/mol. The maximum atomic E-state index is 5.77. The van der Waals surface area contributed by atoms with Crippen LogP contribution in [0.25, 0.3) is 22.6 Å². The molecule has 0 fully saturated rings. The zero-order valence-electron chi connectivity index (χ0n) is 10.8. The van der Waals surface area contributed by atoms with Crippen molar-refractivity contribution in [3.63, 3.8) is 0 Å². The van der Waals surface area contributed by atoms with Gasteiger partial charge in [0.15, 0.2) is 5.58 Å². The molecule has 0 amide bonds. The Morgan fingerprint density at radius 3 is 2.74 bits per heavy atom. The van der Waals surface area contributed by atoms with Gasteiger partial charge in [-0.15, -0.1) is 0 Å². The lowest BCUT2D eigenvalue weighted by molar-refractivity contribution is 0.415. The smallest absolute Gasteiger partial charge is 0.227 e. The van der Waals surface area contributed by atoms with Crippen LogP contribution in [0.3, 0.4) is 0 Å². The lowest BCUT2D eigenvalue weighted by atomic mass is 10.1. The number of fused-ring (bicyclic) bond motifs is 1. The minimum absolute atomic E-state index is 0.598. The Bertz CT molecular complexity index is 747. The monoisotopic (exact) mass is 254 g/mol. The van der Waals surface area contributed by atoms with E-state index in [1.807, 2.05) is 43.3 Å². The van der Waals surface area contributed by atoms with Crippen molar-refractivity contribution in [3.05, 3.63) is 42.0 Å². The fraction of sp³-hybridized carbons (Fsp3) is 0.133. The van der Waals surface area contributed by atoms with Gasteiger partial charge in [0.05, 0.1) is 7.11 Å². The molecule has 0 bridgehead atoms. The maximum Gasteiger partial charge on any atom is 0.227 e. The zero-order valence-corrected chi connectivity index (χ0v) is 10.8. The summed E-state index contributed by atoms with van der Waals surface area (Å²) in [5.41, 5.74) is 10.0. The summed E-state index contributed by atoms with van der Waals surface area (Å²) in [5.74, 6) is 1.36. The summed E-state index contributed by atoms with van der Waals surface area (Å²) in [5, 5.41) is 0. The normalized spacial score (nSPS) is 10.8. The van der Waals surface area contributed by atoms with Crippen LogP contribution in [0.4, 0.5) is 5.69 Å². The first kappa shape index (κ1) is 11.6. The van der Waals surface area contributed by atoms with Gasteiger partial charge in [-0.1, -0.05) is 0 Å². The van der Waals surface area contributed by atoms with Crippen molar-refractivity contribution in [2.24, 2.45) is 0 Å². The number of benzene rings is 2. The Labute approximate surface area is 110 Å². The largest absolute Gasteiger partial charge is 0.497 e. The average Bonchev–Trinajstić information content (AvgIpc) is 2.80. The lowest BCUT2D eigenvalue weighted by Crippen LogP contribution is -1.88. The minimum atomic E-state index is 0.598. The first-order chi connectivity index (χ1) is 9.17. The van der Waals surface area contributed by atoms with E-state index in [-0.39, 0.29) is 0 Å². The van der Waals surface area contributed by atoms with E-state index in [0.717, 1.165) is 33.7 Å². The van der Waals surface area contributed by atoms with E-state index in [4.69, 9.17) is 14.9 Å². The molecule has 1 aromatic heterocycles. The molecule has 0 aliphatic heterocycles. The molecule has 0 aliphatic carbocycles. The summed E-state index contributed by atoms with van der Waals surface area (Å²) in [7, 11) is 1.63. The third kappa shape index (κ3) is 2.01. The first-order valence-corrected chi connectivity index (χ1v) is 5.98. The molecule has 0 radical (unpaired) electrons. The van der Waals surface area contributed by atoms with Crippen molar-refractivity contribution < 1.29 is 9.15 Å². The first-order valence-electron chi connectivity index (χ1n) is 5.98. The standard InChI is InChI=1S/C15H14N2O2/c1-9-7-10(16)3-5-12(9)15-17-13-8-11(18-2)4-6-14(13)19-15/h3-8H,16H2,1-2H3. The van der Waals surface area contributed by atoms with Gasteiger partial charge in [0.25, 0.3) is 0 Å². The molecule has 0 aliphatic rings. The van der Waals surface area contributed by atoms with E-state index in [1.165, 1.54) is 0 Å². The molecular formula is C15H14N2O2. The minimum Gasteiger partial charge on any atom is -0.497 e. The fourth-order valence-electron chi connectivity index (χ4n) is 2.08. The Hall–Kier alpha value is -2.49. The van der Waals surface area contributed by atoms with Crippen LogP contribution >= 0.6 is 0 Å². The summed E-state index contributed by atoms with van der Waals surface area (Å²) in [6.45, 7) is 1.99. The second-order valence-electron chi connectivity index (χ2n) is 4.43. The summed E-state index contributed by atoms with van der Waals surface area (Å²) >= 11 is 0. The van der Waals surface area contributed by atoms with Crippen LogP contribution in [0.2, 0.25) is 0 Å². The summed E-state index contributed by atoms with van der Waals surface area (Å²) in [6.07, 6.45) is 0. The molecule has 0 unspecified atom stereocenters. The van der Waals surface area contributed by atoms with E-state index in [1.54, 1.807) is 7.11 Å². The molecular weight excluding hydrogens is 240 g/mol. The molecule has 2 aromatic carbocycles. The highest BCUT2D eigenvalue weighted by molar-refractivity contribution is 5.78. The summed E-state index contributed by atoms with van der Waals surface area (Å²) < 4.78 is 10.9. The zero-order chi connectivity index (χ0) is 13.4. The van der Waals surface area contributed by atoms with Gasteiger partial charge in [0.2, 0.25) is 5.89 Å². The number of aryl methyl sites for hydroxylation is 1. The number of oxazole rings is 1. The second-order valence-corrected chi connectivity index (χ2v) is 4.43. The molecule has 4 heteroatoms. The van der Waals surface area contributed by atoms with Crippen molar-refractivity contribution >= 4 is 16.8 Å². The number of ether oxygens (including phenoxy) is 1. The van der Waals surface area contributed by atoms with E-state index in [0.29, 0.717) is 5.89 Å². The van der Waals surface area contributed by atoms with Crippen molar-refractivity contribution in [1.82, 2.24) is 4.98 Å². The average molecular weight is 254 g/mol. The molecule has 1 heterocycles. The van der Waals surface area contributed by atoms with Crippen LogP contribution in [0.5, 0.6) is 5.75 Å². The Morgan fingerprint density at radius 2 is 2.00 bits per heavy atom. The molecule has 3 rings (SSSR count). The van der Waals surface area contributed by atoms with Crippen LogP contribution in [-0.2, 0) is 0 Å². The van der Waals surface area contributed by atoms with Gasteiger partial charge >= 0.3 is 0 Å². The number of nitrogens with two attached hydrogens (primary N) is 1. The fourth-order valence-corrected chi connectivity index (χ4v) is 2.08. The number of hydrogen-bond donors (Lipinski definition) is 1. The number of hydrogen-bond acceptors (Lipinski definition) is 4. The van der Waals surface area contributed by atoms with Crippen LogP contribution in [0.1, 0.15) is 5.56 Å². The summed E-state index contributed by atoms with van der Waals surface area (Å²) in [4.78, 5) is 4.49.